The van der Waals surface area contributed by atoms with Gasteiger partial charge in [0.25, 0.3) is 0 Å². The Kier molecular flexibility index (Phi) is 6.08. The first-order valence-corrected chi connectivity index (χ1v) is 10.1. The summed E-state index contributed by atoms with van der Waals surface area (Å²) in [6, 6.07) is 12.9. The van der Waals surface area contributed by atoms with Crippen molar-refractivity contribution in [3.63, 3.8) is 0 Å². The maximum absolute atomic E-state index is 12.9. The molecule has 0 spiro atoms. The van der Waals surface area contributed by atoms with Crippen LogP contribution in [0.1, 0.15) is 24.2 Å². The number of hydrogen-bond acceptors (Lipinski definition) is 4. The number of carbonyl (C=O) groups excluding carboxylic acids is 1. The molecule has 4 aromatic rings. The lowest BCUT2D eigenvalue weighted by Crippen LogP contribution is -2.22. The molecule has 1 N–H and O–H groups in total. The van der Waals surface area contributed by atoms with E-state index < -0.39 is 0 Å². The van der Waals surface area contributed by atoms with Gasteiger partial charge < -0.3 is 5.32 Å². The van der Waals surface area contributed by atoms with Crippen molar-refractivity contribution in [3.8, 4) is 5.69 Å². The van der Waals surface area contributed by atoms with Crippen LogP contribution < -0.4 is 10.9 Å². The first kappa shape index (κ1) is 20.7. The van der Waals surface area contributed by atoms with Gasteiger partial charge in [-0.3, -0.25) is 18.6 Å². The molecule has 0 atom stereocenters. The van der Waals surface area contributed by atoms with Gasteiger partial charge >= 0.3 is 5.56 Å². The van der Waals surface area contributed by atoms with Crippen molar-refractivity contribution in [1.82, 2.24) is 24.5 Å². The van der Waals surface area contributed by atoms with Gasteiger partial charge in [-0.1, -0.05) is 23.7 Å². The van der Waals surface area contributed by atoms with Crippen LogP contribution in [-0.4, -0.2) is 25.1 Å². The topological polar surface area (TPSA) is 81.3 Å². The Labute approximate surface area is 182 Å². The summed E-state index contributed by atoms with van der Waals surface area (Å²) in [7, 11) is 0. The number of aryl methyl sites for hydroxylation is 1. The quantitative estimate of drug-likeness (QED) is 0.479. The average molecular weight is 440 g/mol. The van der Waals surface area contributed by atoms with Crippen molar-refractivity contribution in [2.75, 3.05) is 0 Å². The Morgan fingerprint density at radius 3 is 2.52 bits per heavy atom. The maximum Gasteiger partial charge on any atom is 0.300 e. The fraction of sp³-hybridized carbons (Fsp3) is 0.182. The van der Waals surface area contributed by atoms with E-state index in [2.05, 4.69) is 15.5 Å². The Balaban J connectivity index is 1.37. The van der Waals surface area contributed by atoms with E-state index in [1.807, 2.05) is 0 Å². The predicted molar refractivity (Wildman–Crippen MR) is 115 cm³/mol. The molecule has 0 saturated heterocycles. The third kappa shape index (κ3) is 4.80. The van der Waals surface area contributed by atoms with E-state index in [1.54, 1.807) is 53.2 Å². The average Bonchev–Trinajstić information content (AvgIpc) is 3.18. The third-order valence-corrected chi connectivity index (χ3v) is 5.11. The van der Waals surface area contributed by atoms with E-state index in [4.69, 9.17) is 11.6 Å². The van der Waals surface area contributed by atoms with Crippen LogP contribution in [0.3, 0.4) is 0 Å². The zero-order valence-corrected chi connectivity index (χ0v) is 17.2. The van der Waals surface area contributed by atoms with Gasteiger partial charge in [0.15, 0.2) is 0 Å². The summed E-state index contributed by atoms with van der Waals surface area (Å²) in [5, 5.41) is 11.5. The lowest BCUT2D eigenvalue weighted by molar-refractivity contribution is -0.121. The van der Waals surface area contributed by atoms with E-state index in [-0.39, 0.29) is 22.9 Å². The van der Waals surface area contributed by atoms with Crippen LogP contribution in [0.15, 0.2) is 65.7 Å². The molecular formula is C22H19ClFN5O2. The highest BCUT2D eigenvalue weighted by atomic mass is 35.5. The summed E-state index contributed by atoms with van der Waals surface area (Å²) in [4.78, 5) is 24.8. The fourth-order valence-electron chi connectivity index (χ4n) is 3.21. The number of carbonyl (C=O) groups is 1. The molecule has 2 aromatic carbocycles. The van der Waals surface area contributed by atoms with Gasteiger partial charge in [0.2, 0.25) is 11.6 Å². The number of aromatic nitrogens is 4. The van der Waals surface area contributed by atoms with Gasteiger partial charge in [-0.2, -0.15) is 0 Å². The van der Waals surface area contributed by atoms with Crippen molar-refractivity contribution < 1.29 is 9.18 Å². The van der Waals surface area contributed by atoms with Gasteiger partial charge in [0.05, 0.1) is 0 Å². The highest BCUT2D eigenvalue weighted by Crippen LogP contribution is 2.13. The largest absolute Gasteiger partial charge is 0.352 e. The molecule has 0 fully saturated rings. The summed E-state index contributed by atoms with van der Waals surface area (Å²) < 4.78 is 16.0. The number of halogens is 2. The van der Waals surface area contributed by atoms with Crippen LogP contribution in [0.2, 0.25) is 5.02 Å². The van der Waals surface area contributed by atoms with Gasteiger partial charge in [-0.05, 0) is 48.4 Å². The molecule has 0 aliphatic heterocycles. The van der Waals surface area contributed by atoms with E-state index >= 15 is 0 Å². The number of fused-ring (bicyclic) bond motifs is 1. The molecule has 31 heavy (non-hydrogen) atoms. The monoisotopic (exact) mass is 439 g/mol. The number of rotatable bonds is 7. The van der Waals surface area contributed by atoms with Crippen molar-refractivity contribution in [3.05, 3.63) is 93.5 Å². The molecule has 2 heterocycles. The van der Waals surface area contributed by atoms with E-state index in [0.717, 1.165) is 5.56 Å². The number of nitrogens with zero attached hydrogens (tertiary/aromatic N) is 4. The Morgan fingerprint density at radius 1 is 1.03 bits per heavy atom. The van der Waals surface area contributed by atoms with Crippen LogP contribution in [0.4, 0.5) is 4.39 Å². The minimum Gasteiger partial charge on any atom is -0.352 e. The van der Waals surface area contributed by atoms with Crippen LogP contribution in [0.25, 0.3) is 11.3 Å². The number of benzene rings is 2. The van der Waals surface area contributed by atoms with Crippen molar-refractivity contribution in [2.24, 2.45) is 0 Å². The summed E-state index contributed by atoms with van der Waals surface area (Å²) in [6.07, 6.45) is 4.74. The highest BCUT2D eigenvalue weighted by Gasteiger charge is 2.12. The molecule has 158 valence electrons. The van der Waals surface area contributed by atoms with Gasteiger partial charge in [-0.25, -0.2) is 4.39 Å². The molecule has 7 nitrogen and oxygen atoms in total. The van der Waals surface area contributed by atoms with E-state index in [9.17, 15) is 14.0 Å². The number of nitrogens with one attached hydrogen (secondary N) is 1. The summed E-state index contributed by atoms with van der Waals surface area (Å²) in [5.41, 5.74) is 1.43. The van der Waals surface area contributed by atoms with Crippen molar-refractivity contribution in [2.45, 2.75) is 25.8 Å². The van der Waals surface area contributed by atoms with Gasteiger partial charge in [0.1, 0.15) is 11.6 Å². The minimum absolute atomic E-state index is 0.108. The first-order valence-electron chi connectivity index (χ1n) is 9.73. The molecule has 4 rings (SSSR count). The third-order valence-electron chi connectivity index (χ3n) is 4.85. The zero-order chi connectivity index (χ0) is 21.8. The number of amides is 1. The molecule has 0 unspecified atom stereocenters. The van der Waals surface area contributed by atoms with Gasteiger partial charge in [0, 0.05) is 42.5 Å². The van der Waals surface area contributed by atoms with Crippen LogP contribution in [0, 0.1) is 5.82 Å². The van der Waals surface area contributed by atoms with Gasteiger partial charge in [-0.15, -0.1) is 10.2 Å². The summed E-state index contributed by atoms with van der Waals surface area (Å²) in [5.74, 6) is 0.195. The molecular weight excluding hydrogens is 421 g/mol. The molecule has 9 heteroatoms. The Morgan fingerprint density at radius 2 is 1.77 bits per heavy atom. The molecule has 0 bridgehead atoms. The van der Waals surface area contributed by atoms with Crippen molar-refractivity contribution >= 4 is 23.2 Å². The smallest absolute Gasteiger partial charge is 0.300 e. The summed E-state index contributed by atoms with van der Waals surface area (Å²) >= 11 is 5.91. The SMILES string of the molecule is O=C(CCCc1nnc2c(=O)n(-c3ccc(Cl)cc3)ccn12)NCc1ccc(F)cc1. The van der Waals surface area contributed by atoms with Crippen LogP contribution >= 0.6 is 11.6 Å². The first-order chi connectivity index (χ1) is 15.0. The molecule has 0 radical (unpaired) electrons. The van der Waals surface area contributed by atoms with E-state index in [0.29, 0.717) is 42.3 Å². The zero-order valence-electron chi connectivity index (χ0n) is 16.5. The molecule has 1 amide bonds. The second kappa shape index (κ2) is 9.09. The molecule has 2 aromatic heterocycles. The summed E-state index contributed by atoms with van der Waals surface area (Å²) in [6.45, 7) is 0.344. The lowest BCUT2D eigenvalue weighted by atomic mass is 10.2. The lowest BCUT2D eigenvalue weighted by Gasteiger charge is -2.07. The standard InChI is InChI=1S/C22H19ClFN5O2/c23-16-6-10-18(11-7-16)28-12-13-29-19(26-27-21(29)22(28)31)2-1-3-20(30)25-14-15-4-8-17(24)9-5-15/h4-13H,1-3,14H2,(H,25,30). The molecule has 0 aliphatic carbocycles. The second-order valence-electron chi connectivity index (χ2n) is 7.02. The minimum atomic E-state index is -0.310. The second-order valence-corrected chi connectivity index (χ2v) is 7.45. The molecule has 0 aliphatic rings. The maximum atomic E-state index is 12.9. The Bertz CT molecular complexity index is 1270. The predicted octanol–water partition coefficient (Wildman–Crippen LogP) is 3.31. The Hall–Kier alpha value is -3.52. The van der Waals surface area contributed by atoms with Crippen molar-refractivity contribution in [1.29, 1.82) is 0 Å². The number of hydrogen-bond donors (Lipinski definition) is 1. The van der Waals surface area contributed by atoms with E-state index in [1.165, 1.54) is 16.7 Å². The van der Waals surface area contributed by atoms with Crippen LogP contribution in [-0.2, 0) is 17.8 Å². The normalized spacial score (nSPS) is 11.0. The molecule has 0 saturated carbocycles. The fourth-order valence-corrected chi connectivity index (χ4v) is 3.33. The highest BCUT2D eigenvalue weighted by molar-refractivity contribution is 6.30. The van der Waals surface area contributed by atoms with Crippen LogP contribution in [0.5, 0.6) is 0 Å².